The summed E-state index contributed by atoms with van der Waals surface area (Å²) in [6.07, 6.45) is 6.58. The molecule has 1 unspecified atom stereocenters. The molecule has 0 aromatic heterocycles. The van der Waals surface area contributed by atoms with Gasteiger partial charge in [0.2, 0.25) is 0 Å². The number of hydrogen-bond donors (Lipinski definition) is 0. The van der Waals surface area contributed by atoms with Gasteiger partial charge < -0.3 is 4.79 Å². The first-order valence-electron chi connectivity index (χ1n) is 10.9. The number of benzene rings is 3. The van der Waals surface area contributed by atoms with E-state index >= 15 is 0 Å². The monoisotopic (exact) mass is 400 g/mol. The van der Waals surface area contributed by atoms with E-state index < -0.39 is 8.07 Å². The second-order valence-corrected chi connectivity index (χ2v) is 12.0. The summed E-state index contributed by atoms with van der Waals surface area (Å²) in [5.41, 5.74) is 0. The molecule has 3 rings (SSSR count). The normalized spacial score (nSPS) is 12.4. The molecule has 29 heavy (non-hydrogen) atoms. The molecule has 3 aromatic carbocycles. The summed E-state index contributed by atoms with van der Waals surface area (Å²) in [4.78, 5) is 11.6. The Hall–Kier alpha value is -2.45. The van der Waals surface area contributed by atoms with E-state index in [1.807, 2.05) is 0 Å². The molecule has 2 heteroatoms. The van der Waals surface area contributed by atoms with Crippen molar-refractivity contribution >= 4 is 29.9 Å². The summed E-state index contributed by atoms with van der Waals surface area (Å²) in [7, 11) is -2.15. The molecule has 0 spiro atoms. The lowest BCUT2D eigenvalue weighted by molar-refractivity contribution is -0.111. The molecule has 0 saturated carbocycles. The van der Waals surface area contributed by atoms with Crippen molar-refractivity contribution in [2.24, 2.45) is 5.92 Å². The molecule has 0 saturated heterocycles. The number of rotatable bonds is 11. The number of carbonyl (C=O) groups is 1. The van der Waals surface area contributed by atoms with Crippen LogP contribution in [0.15, 0.2) is 91.0 Å². The van der Waals surface area contributed by atoms with E-state index in [1.54, 1.807) is 0 Å². The number of unbranched alkanes of at least 4 members (excludes halogenated alkanes) is 1. The molecule has 0 bridgehead atoms. The van der Waals surface area contributed by atoms with Crippen LogP contribution in [-0.2, 0) is 4.79 Å². The molecular weight excluding hydrogens is 368 g/mol. The second-order valence-electron chi connectivity index (χ2n) is 7.93. The maximum Gasteiger partial charge on any atom is 0.148 e. The highest BCUT2D eigenvalue weighted by molar-refractivity contribution is 7.11. The van der Waals surface area contributed by atoms with Gasteiger partial charge in [0.15, 0.2) is 0 Å². The molecule has 0 aliphatic carbocycles. The van der Waals surface area contributed by atoms with E-state index in [4.69, 9.17) is 0 Å². The molecule has 0 radical (unpaired) electrons. The van der Waals surface area contributed by atoms with Gasteiger partial charge in [0.25, 0.3) is 0 Å². The van der Waals surface area contributed by atoms with Crippen molar-refractivity contribution in [1.29, 1.82) is 0 Å². The second kappa shape index (κ2) is 10.9. The zero-order valence-electron chi connectivity index (χ0n) is 17.5. The summed E-state index contributed by atoms with van der Waals surface area (Å²) < 4.78 is 0. The van der Waals surface area contributed by atoms with Gasteiger partial charge in [-0.05, 0) is 34.4 Å². The minimum absolute atomic E-state index is 0.198. The number of aldehydes is 1. The third-order valence-corrected chi connectivity index (χ3v) is 11.1. The fourth-order valence-electron chi connectivity index (χ4n) is 4.48. The minimum atomic E-state index is -2.15. The van der Waals surface area contributed by atoms with Gasteiger partial charge in [-0.3, -0.25) is 0 Å². The van der Waals surface area contributed by atoms with Crippen LogP contribution in [0.25, 0.3) is 0 Å². The molecule has 0 aliphatic heterocycles. The molecule has 3 aromatic rings. The van der Waals surface area contributed by atoms with E-state index in [2.05, 4.69) is 97.9 Å². The molecule has 0 aliphatic rings. The maximum absolute atomic E-state index is 11.6. The molecule has 0 fully saturated rings. The Morgan fingerprint density at radius 2 is 1.10 bits per heavy atom. The van der Waals surface area contributed by atoms with Gasteiger partial charge in [-0.1, -0.05) is 117 Å². The molecule has 1 atom stereocenters. The van der Waals surface area contributed by atoms with E-state index in [9.17, 15) is 4.79 Å². The average molecular weight is 401 g/mol. The van der Waals surface area contributed by atoms with Gasteiger partial charge >= 0.3 is 0 Å². The Kier molecular flexibility index (Phi) is 8.00. The van der Waals surface area contributed by atoms with Gasteiger partial charge in [0.1, 0.15) is 14.4 Å². The van der Waals surface area contributed by atoms with Crippen molar-refractivity contribution < 1.29 is 4.79 Å². The molecule has 0 heterocycles. The van der Waals surface area contributed by atoms with Crippen LogP contribution < -0.4 is 15.6 Å². The molecule has 150 valence electrons. The number of hydrogen-bond acceptors (Lipinski definition) is 1. The summed E-state index contributed by atoms with van der Waals surface area (Å²) in [5, 5.41) is 4.36. The van der Waals surface area contributed by atoms with Gasteiger partial charge in [0, 0.05) is 5.92 Å². The SMILES string of the molecule is CCCCC(C=O)CCC[Si](c1ccccc1)(c1ccccc1)c1ccccc1. The quantitative estimate of drug-likeness (QED) is 0.253. The standard InChI is InChI=1S/C27H32OSi/c1-2-3-14-24(23-28)15-13-22-29(25-16-7-4-8-17-25,26-18-9-5-10-19-26)27-20-11-6-12-21-27/h4-12,16-21,23-24H,2-3,13-15,22H2,1H3. The van der Waals surface area contributed by atoms with Crippen LogP contribution in [0.5, 0.6) is 0 Å². The topological polar surface area (TPSA) is 17.1 Å². The van der Waals surface area contributed by atoms with Gasteiger partial charge in [0.05, 0.1) is 0 Å². The highest BCUT2D eigenvalue weighted by Crippen LogP contribution is 2.20. The van der Waals surface area contributed by atoms with Gasteiger partial charge in [-0.25, -0.2) is 0 Å². The lowest BCUT2D eigenvalue weighted by Crippen LogP contribution is -2.66. The first-order chi connectivity index (χ1) is 14.3. The zero-order valence-corrected chi connectivity index (χ0v) is 18.5. The number of carbonyl (C=O) groups excluding carboxylic acids is 1. The summed E-state index contributed by atoms with van der Waals surface area (Å²) in [6, 6.07) is 34.3. The van der Waals surface area contributed by atoms with Crippen LogP contribution in [0, 0.1) is 5.92 Å². The maximum atomic E-state index is 11.6. The molecule has 1 nitrogen and oxygen atoms in total. The predicted molar refractivity (Wildman–Crippen MR) is 127 cm³/mol. The lowest BCUT2D eigenvalue weighted by atomic mass is 9.99. The Morgan fingerprint density at radius 1 is 0.690 bits per heavy atom. The molecule has 0 N–H and O–H groups in total. The van der Waals surface area contributed by atoms with Crippen LogP contribution in [-0.4, -0.2) is 14.4 Å². The fraction of sp³-hybridized carbons (Fsp3) is 0.296. The lowest BCUT2D eigenvalue weighted by Gasteiger charge is -2.34. The Labute approximate surface area is 176 Å². The Balaban J connectivity index is 2.00. The summed E-state index contributed by atoms with van der Waals surface area (Å²) in [5.74, 6) is 0.198. The first kappa shape index (κ1) is 21.3. The van der Waals surface area contributed by atoms with Crippen LogP contribution in [0.1, 0.15) is 39.0 Å². The Bertz CT molecular complexity index is 749. The highest BCUT2D eigenvalue weighted by atomic mass is 28.3. The van der Waals surface area contributed by atoms with Crippen LogP contribution >= 0.6 is 0 Å². The highest BCUT2D eigenvalue weighted by Gasteiger charge is 2.38. The largest absolute Gasteiger partial charge is 0.303 e. The van der Waals surface area contributed by atoms with Crippen molar-refractivity contribution in [2.75, 3.05) is 0 Å². The van der Waals surface area contributed by atoms with E-state index in [1.165, 1.54) is 21.8 Å². The van der Waals surface area contributed by atoms with Crippen molar-refractivity contribution in [3.05, 3.63) is 91.0 Å². The van der Waals surface area contributed by atoms with E-state index in [-0.39, 0.29) is 5.92 Å². The van der Waals surface area contributed by atoms with Crippen LogP contribution in [0.4, 0.5) is 0 Å². The average Bonchev–Trinajstić information content (AvgIpc) is 2.80. The fourth-order valence-corrected chi connectivity index (χ4v) is 9.36. The summed E-state index contributed by atoms with van der Waals surface area (Å²) in [6.45, 7) is 2.19. The third kappa shape index (κ3) is 5.13. The van der Waals surface area contributed by atoms with Gasteiger partial charge in [-0.15, -0.1) is 0 Å². The van der Waals surface area contributed by atoms with Crippen molar-refractivity contribution in [3.8, 4) is 0 Å². The molecular formula is C27H32OSi. The van der Waals surface area contributed by atoms with E-state index in [0.29, 0.717) is 0 Å². The Morgan fingerprint density at radius 3 is 1.48 bits per heavy atom. The minimum Gasteiger partial charge on any atom is -0.303 e. The summed E-state index contributed by atoms with van der Waals surface area (Å²) >= 11 is 0. The van der Waals surface area contributed by atoms with Gasteiger partial charge in [-0.2, -0.15) is 0 Å². The van der Waals surface area contributed by atoms with Crippen molar-refractivity contribution in [2.45, 2.75) is 45.1 Å². The van der Waals surface area contributed by atoms with Crippen molar-refractivity contribution in [3.63, 3.8) is 0 Å². The first-order valence-corrected chi connectivity index (χ1v) is 13.1. The zero-order chi connectivity index (χ0) is 20.4. The smallest absolute Gasteiger partial charge is 0.148 e. The van der Waals surface area contributed by atoms with Crippen LogP contribution in [0.3, 0.4) is 0 Å². The van der Waals surface area contributed by atoms with E-state index in [0.717, 1.165) is 38.1 Å². The van der Waals surface area contributed by atoms with Crippen molar-refractivity contribution in [1.82, 2.24) is 0 Å². The van der Waals surface area contributed by atoms with Crippen LogP contribution in [0.2, 0.25) is 6.04 Å². The molecule has 0 amide bonds. The third-order valence-electron chi connectivity index (χ3n) is 6.05. The predicted octanol–water partition coefficient (Wildman–Crippen LogP) is 4.94.